The van der Waals surface area contributed by atoms with E-state index in [2.05, 4.69) is 20.1 Å². The number of amides is 1. The molecule has 1 fully saturated rings. The van der Waals surface area contributed by atoms with Gasteiger partial charge < -0.3 is 18.9 Å². The van der Waals surface area contributed by atoms with Crippen LogP contribution in [0, 0.1) is 13.8 Å². The van der Waals surface area contributed by atoms with Crippen molar-refractivity contribution < 1.29 is 18.8 Å². The normalized spacial score (nSPS) is 14.4. The molecule has 1 amide bonds. The lowest BCUT2D eigenvalue weighted by molar-refractivity contribution is 0.0627. The first kappa shape index (κ1) is 23.8. The Labute approximate surface area is 209 Å². The molecule has 36 heavy (non-hydrogen) atoms. The molecule has 3 aromatic heterocycles. The molecule has 0 N–H and O–H groups in total. The van der Waals surface area contributed by atoms with E-state index in [-0.39, 0.29) is 5.91 Å². The van der Waals surface area contributed by atoms with Crippen LogP contribution < -0.4 is 9.47 Å². The smallest absolute Gasteiger partial charge is 0.255 e. The second-order valence-corrected chi connectivity index (χ2v) is 8.99. The number of hydrogen-bond donors (Lipinski definition) is 0. The monoisotopic (exact) mass is 490 g/mol. The van der Waals surface area contributed by atoms with E-state index in [1.54, 1.807) is 31.3 Å². The minimum absolute atomic E-state index is 0.00837. The van der Waals surface area contributed by atoms with E-state index in [1.165, 1.54) is 0 Å². The van der Waals surface area contributed by atoms with Crippen molar-refractivity contribution >= 4 is 16.9 Å². The standard InChI is InChI=1S/C26H30N6O4/c1-17-23(18(2)36-29-17)16-30-7-9-31(10-8-30)26(33)21-11-20-14-28-32(25(20)27-13-21)15-19-5-6-22(34-3)12-24(19)35-4/h5-6,11-14H,7-10,15-16H2,1-4H3. The average molecular weight is 491 g/mol. The Morgan fingerprint density at radius 2 is 1.83 bits per heavy atom. The van der Waals surface area contributed by atoms with Crippen LogP contribution in [0.1, 0.15) is 32.9 Å². The zero-order valence-corrected chi connectivity index (χ0v) is 21.0. The summed E-state index contributed by atoms with van der Waals surface area (Å²) in [7, 11) is 3.26. The summed E-state index contributed by atoms with van der Waals surface area (Å²) in [5.74, 6) is 2.30. The number of methoxy groups -OCH3 is 2. The Hall–Kier alpha value is -3.92. The van der Waals surface area contributed by atoms with Gasteiger partial charge in [-0.05, 0) is 32.0 Å². The van der Waals surface area contributed by atoms with Gasteiger partial charge in [-0.1, -0.05) is 5.16 Å². The molecule has 10 nitrogen and oxygen atoms in total. The number of ether oxygens (including phenoxy) is 2. The van der Waals surface area contributed by atoms with Gasteiger partial charge in [-0.3, -0.25) is 9.69 Å². The van der Waals surface area contributed by atoms with Crippen molar-refractivity contribution in [2.24, 2.45) is 0 Å². The molecule has 0 aliphatic carbocycles. The fourth-order valence-corrected chi connectivity index (χ4v) is 4.59. The van der Waals surface area contributed by atoms with Crippen LogP contribution >= 0.6 is 0 Å². The first-order chi connectivity index (χ1) is 17.5. The predicted molar refractivity (Wildman–Crippen MR) is 133 cm³/mol. The van der Waals surface area contributed by atoms with Crippen molar-refractivity contribution in [2.75, 3.05) is 40.4 Å². The largest absolute Gasteiger partial charge is 0.497 e. The fourth-order valence-electron chi connectivity index (χ4n) is 4.59. The molecule has 4 heterocycles. The Morgan fingerprint density at radius 1 is 1.03 bits per heavy atom. The van der Waals surface area contributed by atoms with Crippen molar-refractivity contribution in [3.8, 4) is 11.5 Å². The molecule has 10 heteroatoms. The van der Waals surface area contributed by atoms with Crippen molar-refractivity contribution in [1.82, 2.24) is 29.7 Å². The van der Waals surface area contributed by atoms with Gasteiger partial charge in [0.25, 0.3) is 5.91 Å². The number of piperazine rings is 1. The maximum atomic E-state index is 13.2. The molecule has 0 radical (unpaired) electrons. The number of hydrogen-bond acceptors (Lipinski definition) is 8. The number of rotatable bonds is 7. The van der Waals surface area contributed by atoms with Crippen LogP contribution in [-0.2, 0) is 13.1 Å². The minimum Gasteiger partial charge on any atom is -0.497 e. The minimum atomic E-state index is -0.00837. The highest BCUT2D eigenvalue weighted by molar-refractivity contribution is 5.96. The SMILES string of the molecule is COc1ccc(Cn2ncc3cc(C(=O)N4CCN(Cc5c(C)noc5C)CC4)cnc32)c(OC)c1. The Balaban J connectivity index is 1.26. The molecule has 1 saturated heterocycles. The predicted octanol–water partition coefficient (Wildman–Crippen LogP) is 3.06. The maximum Gasteiger partial charge on any atom is 0.255 e. The van der Waals surface area contributed by atoms with Gasteiger partial charge in [0, 0.05) is 61.5 Å². The van der Waals surface area contributed by atoms with Crippen molar-refractivity contribution in [1.29, 1.82) is 0 Å². The second kappa shape index (κ2) is 9.98. The van der Waals surface area contributed by atoms with Crippen molar-refractivity contribution in [3.63, 3.8) is 0 Å². The van der Waals surface area contributed by atoms with Crippen LogP contribution in [0.4, 0.5) is 0 Å². The molecule has 1 aliphatic heterocycles. The molecule has 188 valence electrons. The number of fused-ring (bicyclic) bond motifs is 1. The summed E-state index contributed by atoms with van der Waals surface area (Å²) in [6.45, 7) is 8.10. The molecular formula is C26H30N6O4. The van der Waals surface area contributed by atoms with E-state index in [9.17, 15) is 4.79 Å². The molecule has 0 spiro atoms. The molecular weight excluding hydrogens is 460 g/mol. The first-order valence-corrected chi connectivity index (χ1v) is 11.9. The molecule has 0 atom stereocenters. The Bertz CT molecular complexity index is 1370. The molecule has 0 saturated carbocycles. The number of aromatic nitrogens is 4. The summed E-state index contributed by atoms with van der Waals surface area (Å²) >= 11 is 0. The Morgan fingerprint density at radius 3 is 2.53 bits per heavy atom. The average Bonchev–Trinajstić information content (AvgIpc) is 3.46. The fraction of sp³-hybridized carbons (Fsp3) is 0.385. The van der Waals surface area contributed by atoms with E-state index >= 15 is 0 Å². The van der Waals surface area contributed by atoms with Gasteiger partial charge in [-0.25, -0.2) is 9.67 Å². The summed E-state index contributed by atoms with van der Waals surface area (Å²) in [4.78, 5) is 22.0. The third kappa shape index (κ3) is 4.64. The highest BCUT2D eigenvalue weighted by Crippen LogP contribution is 2.26. The number of pyridine rings is 1. The maximum absolute atomic E-state index is 13.2. The van der Waals surface area contributed by atoms with Crippen molar-refractivity contribution in [3.05, 3.63) is 64.8 Å². The topological polar surface area (TPSA) is 98.8 Å². The molecule has 0 unspecified atom stereocenters. The van der Waals surface area contributed by atoms with E-state index in [0.29, 0.717) is 30.8 Å². The second-order valence-electron chi connectivity index (χ2n) is 8.99. The van der Waals surface area contributed by atoms with E-state index < -0.39 is 0 Å². The van der Waals surface area contributed by atoms with E-state index in [4.69, 9.17) is 14.0 Å². The molecule has 1 aliphatic rings. The van der Waals surface area contributed by atoms with E-state index in [0.717, 1.165) is 59.1 Å². The van der Waals surface area contributed by atoms with Crippen LogP contribution in [-0.4, -0.2) is 76.0 Å². The van der Waals surface area contributed by atoms with Crippen LogP contribution in [0.15, 0.2) is 41.2 Å². The zero-order valence-electron chi connectivity index (χ0n) is 21.0. The number of aryl methyl sites for hydroxylation is 2. The number of carbonyl (C=O) groups excluding carboxylic acids is 1. The van der Waals surface area contributed by atoms with Crippen LogP contribution in [0.5, 0.6) is 11.5 Å². The van der Waals surface area contributed by atoms with E-state index in [1.807, 2.05) is 43.0 Å². The van der Waals surface area contributed by atoms with Gasteiger partial charge in [0.1, 0.15) is 17.3 Å². The summed E-state index contributed by atoms with van der Waals surface area (Å²) in [6, 6.07) is 7.56. The molecule has 5 rings (SSSR count). The van der Waals surface area contributed by atoms with Crippen LogP contribution in [0.2, 0.25) is 0 Å². The number of benzene rings is 1. The van der Waals surface area contributed by atoms with Gasteiger partial charge in [0.2, 0.25) is 0 Å². The highest BCUT2D eigenvalue weighted by Gasteiger charge is 2.24. The molecule has 1 aromatic carbocycles. The molecule has 0 bridgehead atoms. The Kier molecular flexibility index (Phi) is 6.60. The number of carbonyl (C=O) groups is 1. The zero-order chi connectivity index (χ0) is 25.2. The summed E-state index contributed by atoms with van der Waals surface area (Å²) in [5, 5.41) is 9.37. The molecule has 4 aromatic rings. The van der Waals surface area contributed by atoms with Crippen LogP contribution in [0.3, 0.4) is 0 Å². The number of nitrogens with zero attached hydrogens (tertiary/aromatic N) is 6. The van der Waals surface area contributed by atoms with Gasteiger partial charge in [-0.2, -0.15) is 5.10 Å². The third-order valence-electron chi connectivity index (χ3n) is 6.76. The lowest BCUT2D eigenvalue weighted by Crippen LogP contribution is -2.48. The van der Waals surface area contributed by atoms with Gasteiger partial charge >= 0.3 is 0 Å². The summed E-state index contributed by atoms with van der Waals surface area (Å²) in [6.07, 6.45) is 3.39. The van der Waals surface area contributed by atoms with Gasteiger partial charge in [0.05, 0.1) is 38.2 Å². The highest BCUT2D eigenvalue weighted by atomic mass is 16.5. The third-order valence-corrected chi connectivity index (χ3v) is 6.76. The lowest BCUT2D eigenvalue weighted by Gasteiger charge is -2.34. The van der Waals surface area contributed by atoms with Crippen LogP contribution in [0.25, 0.3) is 11.0 Å². The summed E-state index contributed by atoms with van der Waals surface area (Å²) < 4.78 is 17.9. The lowest BCUT2D eigenvalue weighted by atomic mass is 10.1. The van der Waals surface area contributed by atoms with Gasteiger partial charge in [-0.15, -0.1) is 0 Å². The van der Waals surface area contributed by atoms with Crippen molar-refractivity contribution in [2.45, 2.75) is 26.9 Å². The summed E-state index contributed by atoms with van der Waals surface area (Å²) in [5.41, 5.74) is 4.31. The first-order valence-electron chi connectivity index (χ1n) is 11.9. The van der Waals surface area contributed by atoms with Gasteiger partial charge in [0.15, 0.2) is 5.65 Å². The quantitative estimate of drug-likeness (QED) is 0.390.